The van der Waals surface area contributed by atoms with E-state index in [-0.39, 0.29) is 0 Å². The van der Waals surface area contributed by atoms with Gasteiger partial charge in [0, 0.05) is 0 Å². The van der Waals surface area contributed by atoms with Gasteiger partial charge in [-0.2, -0.15) is 0 Å². The average molecular weight is 150 g/mol. The van der Waals surface area contributed by atoms with Gasteiger partial charge < -0.3 is 0 Å². The standard InChI is InChI=1S/C11H18/c1-8-9-5-6-11(4,7-9)10(8,2)3/h9H,1,5-7H2,2-4H3. The van der Waals surface area contributed by atoms with Crippen molar-refractivity contribution < 1.29 is 0 Å². The van der Waals surface area contributed by atoms with Crippen molar-refractivity contribution in [3.05, 3.63) is 12.2 Å². The molecular weight excluding hydrogens is 132 g/mol. The van der Waals surface area contributed by atoms with Crippen LogP contribution in [0.3, 0.4) is 0 Å². The molecule has 2 unspecified atom stereocenters. The molecule has 0 amide bonds. The van der Waals surface area contributed by atoms with E-state index in [1.54, 1.807) is 0 Å². The van der Waals surface area contributed by atoms with Crippen LogP contribution in [0.5, 0.6) is 0 Å². The Morgan fingerprint density at radius 2 is 2.00 bits per heavy atom. The summed E-state index contributed by atoms with van der Waals surface area (Å²) >= 11 is 0. The van der Waals surface area contributed by atoms with Crippen LogP contribution in [-0.2, 0) is 0 Å². The molecule has 2 saturated carbocycles. The molecule has 2 bridgehead atoms. The van der Waals surface area contributed by atoms with Gasteiger partial charge in [-0.25, -0.2) is 0 Å². The fourth-order valence-electron chi connectivity index (χ4n) is 3.00. The third kappa shape index (κ3) is 0.660. The zero-order valence-corrected chi connectivity index (χ0v) is 7.91. The molecule has 0 nitrogen and oxygen atoms in total. The van der Waals surface area contributed by atoms with E-state index in [1.807, 2.05) is 0 Å². The SMILES string of the molecule is C=C1C2CCC(C)(C2)C1(C)C. The van der Waals surface area contributed by atoms with E-state index in [4.69, 9.17) is 0 Å². The molecule has 0 heteroatoms. The second-order valence-electron chi connectivity index (χ2n) is 5.15. The predicted molar refractivity (Wildman–Crippen MR) is 48.4 cm³/mol. The first-order valence-corrected chi connectivity index (χ1v) is 4.67. The second-order valence-corrected chi connectivity index (χ2v) is 5.15. The number of hydrogen-bond acceptors (Lipinski definition) is 0. The van der Waals surface area contributed by atoms with Gasteiger partial charge >= 0.3 is 0 Å². The average Bonchev–Trinajstić information content (AvgIpc) is 2.36. The molecule has 0 heterocycles. The van der Waals surface area contributed by atoms with Gasteiger partial charge in [0.15, 0.2) is 0 Å². The van der Waals surface area contributed by atoms with Crippen LogP contribution in [0, 0.1) is 16.7 Å². The summed E-state index contributed by atoms with van der Waals surface area (Å²) in [6.45, 7) is 11.4. The molecule has 2 rings (SSSR count). The lowest BCUT2D eigenvalue weighted by Crippen LogP contribution is -2.31. The van der Waals surface area contributed by atoms with Gasteiger partial charge in [-0.15, -0.1) is 0 Å². The zero-order valence-electron chi connectivity index (χ0n) is 7.91. The van der Waals surface area contributed by atoms with Crippen LogP contribution in [0.1, 0.15) is 40.0 Å². The molecule has 2 atom stereocenters. The second kappa shape index (κ2) is 1.73. The molecule has 11 heavy (non-hydrogen) atoms. The highest BCUT2D eigenvalue weighted by Crippen LogP contribution is 2.65. The Morgan fingerprint density at radius 1 is 1.36 bits per heavy atom. The van der Waals surface area contributed by atoms with Crippen molar-refractivity contribution in [2.45, 2.75) is 40.0 Å². The highest BCUT2D eigenvalue weighted by Gasteiger charge is 2.55. The van der Waals surface area contributed by atoms with Crippen molar-refractivity contribution in [1.29, 1.82) is 0 Å². The van der Waals surface area contributed by atoms with Crippen molar-refractivity contribution in [2.75, 3.05) is 0 Å². The fraction of sp³-hybridized carbons (Fsp3) is 0.818. The smallest absolute Gasteiger partial charge is 0.00906 e. The maximum absolute atomic E-state index is 4.23. The van der Waals surface area contributed by atoms with Crippen molar-refractivity contribution in [1.82, 2.24) is 0 Å². The van der Waals surface area contributed by atoms with Crippen molar-refractivity contribution in [3.63, 3.8) is 0 Å². The molecule has 62 valence electrons. The molecular formula is C11H18. The topological polar surface area (TPSA) is 0 Å². The minimum atomic E-state index is 0.413. The Hall–Kier alpha value is -0.260. The number of allylic oxidation sites excluding steroid dienone is 1. The Kier molecular flexibility index (Phi) is 1.16. The van der Waals surface area contributed by atoms with E-state index in [2.05, 4.69) is 27.4 Å². The lowest BCUT2D eigenvalue weighted by molar-refractivity contribution is 0.157. The summed E-state index contributed by atoms with van der Waals surface area (Å²) in [6.07, 6.45) is 4.22. The quantitative estimate of drug-likeness (QED) is 0.464. The monoisotopic (exact) mass is 150 g/mol. The number of hydrogen-bond donors (Lipinski definition) is 0. The summed E-state index contributed by atoms with van der Waals surface area (Å²) in [5.74, 6) is 0.856. The van der Waals surface area contributed by atoms with Gasteiger partial charge in [0.2, 0.25) is 0 Å². The summed E-state index contributed by atoms with van der Waals surface area (Å²) in [4.78, 5) is 0. The van der Waals surface area contributed by atoms with Crippen LogP contribution in [0.4, 0.5) is 0 Å². The summed E-state index contributed by atoms with van der Waals surface area (Å²) in [5.41, 5.74) is 2.51. The number of fused-ring (bicyclic) bond motifs is 2. The molecule has 0 aromatic heterocycles. The first kappa shape index (κ1) is 7.39. The molecule has 0 aliphatic heterocycles. The highest BCUT2D eigenvalue weighted by molar-refractivity contribution is 5.26. The van der Waals surface area contributed by atoms with Gasteiger partial charge in [0.05, 0.1) is 0 Å². The van der Waals surface area contributed by atoms with Crippen molar-refractivity contribution in [2.24, 2.45) is 16.7 Å². The minimum Gasteiger partial charge on any atom is -0.0990 e. The molecule has 2 aliphatic carbocycles. The molecule has 0 N–H and O–H groups in total. The van der Waals surface area contributed by atoms with Crippen molar-refractivity contribution in [3.8, 4) is 0 Å². The molecule has 2 fully saturated rings. The third-order valence-corrected chi connectivity index (χ3v) is 4.55. The molecule has 0 saturated heterocycles. The summed E-state index contributed by atoms with van der Waals surface area (Å²) in [5, 5.41) is 0. The third-order valence-electron chi connectivity index (χ3n) is 4.55. The van der Waals surface area contributed by atoms with Crippen LogP contribution in [0.15, 0.2) is 12.2 Å². The Bertz CT molecular complexity index is 212. The van der Waals surface area contributed by atoms with Gasteiger partial charge in [0.25, 0.3) is 0 Å². The molecule has 0 spiro atoms. The summed E-state index contributed by atoms with van der Waals surface area (Å²) < 4.78 is 0. The largest absolute Gasteiger partial charge is 0.0990 e. The van der Waals surface area contributed by atoms with Crippen molar-refractivity contribution >= 4 is 0 Å². The predicted octanol–water partition coefficient (Wildman–Crippen LogP) is 3.39. The summed E-state index contributed by atoms with van der Waals surface area (Å²) in [7, 11) is 0. The van der Waals surface area contributed by atoms with E-state index >= 15 is 0 Å². The van der Waals surface area contributed by atoms with Gasteiger partial charge in [-0.05, 0) is 36.0 Å². The van der Waals surface area contributed by atoms with E-state index in [0.29, 0.717) is 10.8 Å². The first-order chi connectivity index (χ1) is 4.97. The van der Waals surface area contributed by atoms with E-state index in [0.717, 1.165) is 5.92 Å². The molecule has 2 aliphatic rings. The van der Waals surface area contributed by atoms with Crippen LogP contribution in [0.2, 0.25) is 0 Å². The van der Waals surface area contributed by atoms with Gasteiger partial charge in [-0.3, -0.25) is 0 Å². The maximum atomic E-state index is 4.23. The molecule has 0 aromatic carbocycles. The van der Waals surface area contributed by atoms with E-state index in [1.165, 1.54) is 24.8 Å². The zero-order chi connectivity index (χ0) is 8.28. The van der Waals surface area contributed by atoms with Crippen LogP contribution >= 0.6 is 0 Å². The Morgan fingerprint density at radius 3 is 2.27 bits per heavy atom. The fourth-order valence-corrected chi connectivity index (χ4v) is 3.00. The first-order valence-electron chi connectivity index (χ1n) is 4.67. The highest BCUT2D eigenvalue weighted by atomic mass is 14.6. The molecule has 0 radical (unpaired) electrons. The van der Waals surface area contributed by atoms with Crippen LogP contribution < -0.4 is 0 Å². The van der Waals surface area contributed by atoms with Gasteiger partial charge in [-0.1, -0.05) is 32.9 Å². The summed E-state index contributed by atoms with van der Waals surface area (Å²) in [6, 6.07) is 0. The normalized spacial score (nSPS) is 46.8. The Balaban J connectivity index is 2.44. The Labute approximate surface area is 69.7 Å². The maximum Gasteiger partial charge on any atom is -0.00906 e. The lowest BCUT2D eigenvalue weighted by atomic mass is 9.64. The minimum absolute atomic E-state index is 0.413. The lowest BCUT2D eigenvalue weighted by Gasteiger charge is -2.40. The van der Waals surface area contributed by atoms with E-state index < -0.39 is 0 Å². The number of rotatable bonds is 0. The molecule has 0 aromatic rings. The van der Waals surface area contributed by atoms with Crippen LogP contribution in [-0.4, -0.2) is 0 Å². The van der Waals surface area contributed by atoms with Crippen LogP contribution in [0.25, 0.3) is 0 Å². The van der Waals surface area contributed by atoms with Gasteiger partial charge in [0.1, 0.15) is 0 Å². The van der Waals surface area contributed by atoms with E-state index in [9.17, 15) is 0 Å².